The number of likely N-dealkylation sites (tertiary alicyclic amines) is 1. The molecule has 1 atom stereocenters. The molecule has 2 N–H and O–H groups in total. The lowest BCUT2D eigenvalue weighted by atomic mass is 10.2. The van der Waals surface area contributed by atoms with Crippen molar-refractivity contribution in [2.45, 2.75) is 19.3 Å². The highest BCUT2D eigenvalue weighted by Crippen LogP contribution is 2.08. The molecule has 0 aromatic heterocycles. The number of aliphatic hydroxyl groups is 2. The van der Waals surface area contributed by atoms with E-state index in [9.17, 15) is 0 Å². The summed E-state index contributed by atoms with van der Waals surface area (Å²) in [7, 11) is 0. The number of aliphatic hydroxyl groups excluding tert-OH is 2. The summed E-state index contributed by atoms with van der Waals surface area (Å²) in [5.41, 5.74) is 0. The zero-order valence-electron chi connectivity index (χ0n) is 4.91. The molecule has 48 valence electrons. The Morgan fingerprint density at radius 2 is 2.12 bits per heavy atom. The summed E-state index contributed by atoms with van der Waals surface area (Å²) in [6.07, 6.45) is -0.594. The highest BCUT2D eigenvalue weighted by atomic mass is 16.3. The van der Waals surface area contributed by atoms with Crippen LogP contribution in [-0.2, 0) is 0 Å². The normalized spacial score (nSPS) is 27.4. The first-order valence-electron chi connectivity index (χ1n) is 2.80. The summed E-state index contributed by atoms with van der Waals surface area (Å²) < 4.78 is 0. The minimum Gasteiger partial charge on any atom is -0.390 e. The predicted molar refractivity (Wildman–Crippen MR) is 29.3 cm³/mol. The van der Waals surface area contributed by atoms with Gasteiger partial charge in [-0.25, -0.2) is 0 Å². The Kier molecular flexibility index (Phi) is 1.51. The molecule has 1 aliphatic heterocycles. The second kappa shape index (κ2) is 2.01. The van der Waals surface area contributed by atoms with Crippen LogP contribution in [0.4, 0.5) is 0 Å². The molecule has 0 radical (unpaired) electrons. The van der Waals surface area contributed by atoms with E-state index in [2.05, 4.69) is 0 Å². The van der Waals surface area contributed by atoms with Crippen LogP contribution < -0.4 is 0 Å². The van der Waals surface area contributed by atoms with Gasteiger partial charge in [0.25, 0.3) is 0 Å². The first-order valence-corrected chi connectivity index (χ1v) is 2.80. The summed E-state index contributed by atoms with van der Waals surface area (Å²) in [6.45, 7) is 2.95. The quantitative estimate of drug-likeness (QED) is 0.463. The maximum absolute atomic E-state index is 8.80. The van der Waals surface area contributed by atoms with Crippen LogP contribution in [0.3, 0.4) is 0 Å². The Labute approximate surface area is 48.5 Å². The van der Waals surface area contributed by atoms with Gasteiger partial charge in [0, 0.05) is 13.1 Å². The highest BCUT2D eigenvalue weighted by molar-refractivity contribution is 4.78. The molecule has 0 aliphatic carbocycles. The van der Waals surface area contributed by atoms with Gasteiger partial charge in [0.05, 0.1) is 6.10 Å². The molecule has 3 heteroatoms. The molecular weight excluding hydrogens is 106 g/mol. The van der Waals surface area contributed by atoms with Crippen LogP contribution in [0, 0.1) is 0 Å². The lowest BCUT2D eigenvalue weighted by molar-refractivity contribution is -0.0899. The Hall–Kier alpha value is -0.120. The lowest BCUT2D eigenvalue weighted by Crippen LogP contribution is -2.54. The molecule has 0 bridgehead atoms. The van der Waals surface area contributed by atoms with E-state index in [1.165, 1.54) is 0 Å². The van der Waals surface area contributed by atoms with Crippen molar-refractivity contribution < 1.29 is 10.2 Å². The van der Waals surface area contributed by atoms with E-state index >= 15 is 0 Å². The summed E-state index contributed by atoms with van der Waals surface area (Å²) in [5, 5.41) is 17.5. The molecule has 0 amide bonds. The van der Waals surface area contributed by atoms with Crippen LogP contribution in [-0.4, -0.2) is 40.5 Å². The molecule has 0 aromatic rings. The van der Waals surface area contributed by atoms with Crippen LogP contribution in [0.1, 0.15) is 6.92 Å². The lowest BCUT2D eigenvalue weighted by Gasteiger charge is -2.37. The van der Waals surface area contributed by atoms with Gasteiger partial charge in [-0.05, 0) is 6.92 Å². The van der Waals surface area contributed by atoms with E-state index < -0.39 is 6.23 Å². The minimum absolute atomic E-state index is 0.204. The SMILES string of the molecule is CC(O)N1CC(O)C1. The second-order valence-electron chi connectivity index (χ2n) is 2.24. The van der Waals surface area contributed by atoms with Gasteiger partial charge >= 0.3 is 0 Å². The van der Waals surface area contributed by atoms with Gasteiger partial charge in [0.2, 0.25) is 0 Å². The van der Waals surface area contributed by atoms with Crippen molar-refractivity contribution in [2.24, 2.45) is 0 Å². The van der Waals surface area contributed by atoms with Gasteiger partial charge in [-0.1, -0.05) is 0 Å². The monoisotopic (exact) mass is 117 g/mol. The standard InChI is InChI=1S/C5H11NO2/c1-4(7)6-2-5(8)3-6/h4-5,7-8H,2-3H2,1H3. The molecule has 3 nitrogen and oxygen atoms in total. The Bertz CT molecular complexity index is 78.5. The van der Waals surface area contributed by atoms with E-state index in [1.54, 1.807) is 11.8 Å². The minimum atomic E-state index is -0.390. The molecule has 1 heterocycles. The molecule has 0 spiro atoms. The molecule has 0 aromatic carbocycles. The van der Waals surface area contributed by atoms with Crippen LogP contribution in [0.5, 0.6) is 0 Å². The third kappa shape index (κ3) is 0.992. The Morgan fingerprint density at radius 3 is 2.25 bits per heavy atom. The fourth-order valence-corrected chi connectivity index (χ4v) is 0.793. The van der Waals surface area contributed by atoms with E-state index in [0.29, 0.717) is 13.1 Å². The van der Waals surface area contributed by atoms with Crippen molar-refractivity contribution in [3.8, 4) is 0 Å². The van der Waals surface area contributed by atoms with Crippen LogP contribution in [0.2, 0.25) is 0 Å². The van der Waals surface area contributed by atoms with E-state index in [4.69, 9.17) is 10.2 Å². The third-order valence-electron chi connectivity index (χ3n) is 1.42. The first-order chi connectivity index (χ1) is 3.70. The molecule has 0 saturated carbocycles. The fraction of sp³-hybridized carbons (Fsp3) is 1.00. The maximum atomic E-state index is 8.80. The molecule has 8 heavy (non-hydrogen) atoms. The predicted octanol–water partition coefficient (Wildman–Crippen LogP) is -0.999. The van der Waals surface area contributed by atoms with Gasteiger partial charge in [-0.2, -0.15) is 0 Å². The molecule has 1 fully saturated rings. The van der Waals surface area contributed by atoms with Crippen molar-refractivity contribution >= 4 is 0 Å². The van der Waals surface area contributed by atoms with Crippen LogP contribution in [0.15, 0.2) is 0 Å². The van der Waals surface area contributed by atoms with Crippen LogP contribution >= 0.6 is 0 Å². The number of nitrogens with zero attached hydrogens (tertiary/aromatic N) is 1. The van der Waals surface area contributed by atoms with Gasteiger partial charge in [0.15, 0.2) is 0 Å². The largest absolute Gasteiger partial charge is 0.390 e. The summed E-state index contributed by atoms with van der Waals surface area (Å²) in [5.74, 6) is 0. The van der Waals surface area contributed by atoms with Crippen molar-refractivity contribution in [2.75, 3.05) is 13.1 Å². The topological polar surface area (TPSA) is 43.7 Å². The number of β-amino-alcohol motifs (C(OH)–C–C–N with tert-alkyl or cyclic N) is 1. The van der Waals surface area contributed by atoms with E-state index in [1.807, 2.05) is 0 Å². The fourth-order valence-electron chi connectivity index (χ4n) is 0.793. The molecule has 1 aliphatic rings. The summed E-state index contributed by atoms with van der Waals surface area (Å²) >= 11 is 0. The Balaban J connectivity index is 2.15. The highest BCUT2D eigenvalue weighted by Gasteiger charge is 2.26. The number of hydrogen-bond acceptors (Lipinski definition) is 3. The van der Waals surface area contributed by atoms with Crippen molar-refractivity contribution in [1.82, 2.24) is 4.90 Å². The zero-order chi connectivity index (χ0) is 6.15. The van der Waals surface area contributed by atoms with Crippen molar-refractivity contribution in [3.05, 3.63) is 0 Å². The van der Waals surface area contributed by atoms with Gasteiger partial charge in [-0.3, -0.25) is 4.90 Å². The summed E-state index contributed by atoms with van der Waals surface area (Å²) in [4.78, 5) is 1.80. The molecule has 1 unspecified atom stereocenters. The maximum Gasteiger partial charge on any atom is 0.104 e. The molecular formula is C5H11NO2. The van der Waals surface area contributed by atoms with Crippen molar-refractivity contribution in [1.29, 1.82) is 0 Å². The van der Waals surface area contributed by atoms with Gasteiger partial charge < -0.3 is 10.2 Å². The number of hydrogen-bond donors (Lipinski definition) is 2. The summed E-state index contributed by atoms with van der Waals surface area (Å²) in [6, 6.07) is 0. The first kappa shape index (κ1) is 6.01. The average molecular weight is 117 g/mol. The van der Waals surface area contributed by atoms with Gasteiger partial charge in [0.1, 0.15) is 6.23 Å². The molecule has 1 saturated heterocycles. The Morgan fingerprint density at radius 1 is 1.62 bits per heavy atom. The van der Waals surface area contributed by atoms with E-state index in [0.717, 1.165) is 0 Å². The smallest absolute Gasteiger partial charge is 0.104 e. The zero-order valence-corrected chi connectivity index (χ0v) is 4.91. The number of rotatable bonds is 1. The van der Waals surface area contributed by atoms with Crippen LogP contribution in [0.25, 0.3) is 0 Å². The average Bonchev–Trinajstić information content (AvgIpc) is 1.57. The third-order valence-corrected chi connectivity index (χ3v) is 1.42. The van der Waals surface area contributed by atoms with E-state index in [-0.39, 0.29) is 6.10 Å². The van der Waals surface area contributed by atoms with Crippen molar-refractivity contribution in [3.63, 3.8) is 0 Å². The molecule has 1 rings (SSSR count). The van der Waals surface area contributed by atoms with Gasteiger partial charge in [-0.15, -0.1) is 0 Å². The second-order valence-corrected chi connectivity index (χ2v) is 2.24.